The molecule has 6 heteroatoms. The first-order chi connectivity index (χ1) is 9.76. The molecule has 0 saturated carbocycles. The zero-order valence-electron chi connectivity index (χ0n) is 11.1. The van der Waals surface area contributed by atoms with Crippen molar-refractivity contribution in [1.29, 1.82) is 0 Å². The average Bonchev–Trinajstić information content (AvgIpc) is 2.94. The van der Waals surface area contributed by atoms with Crippen molar-refractivity contribution in [2.24, 2.45) is 0 Å². The van der Waals surface area contributed by atoms with Gasteiger partial charge in [0, 0.05) is 6.54 Å². The zero-order valence-corrected chi connectivity index (χ0v) is 11.1. The average molecular weight is 269 g/mol. The summed E-state index contributed by atoms with van der Waals surface area (Å²) in [6.45, 7) is 2.73. The fourth-order valence-electron chi connectivity index (χ4n) is 2.01. The fourth-order valence-corrected chi connectivity index (χ4v) is 2.01. The van der Waals surface area contributed by atoms with Crippen molar-refractivity contribution in [3.63, 3.8) is 0 Å². The first kappa shape index (κ1) is 12.4. The van der Waals surface area contributed by atoms with Crippen LogP contribution in [0, 0.1) is 0 Å². The minimum absolute atomic E-state index is 0.201. The molecule has 0 unspecified atom stereocenters. The Labute approximate surface area is 115 Å². The van der Waals surface area contributed by atoms with E-state index >= 15 is 0 Å². The van der Waals surface area contributed by atoms with Crippen molar-refractivity contribution in [2.75, 3.05) is 5.32 Å². The summed E-state index contributed by atoms with van der Waals surface area (Å²) < 4.78 is 0. The maximum Gasteiger partial charge on any atom is 0.263 e. The van der Waals surface area contributed by atoms with Gasteiger partial charge < -0.3 is 5.32 Å². The van der Waals surface area contributed by atoms with E-state index in [1.54, 1.807) is 0 Å². The lowest BCUT2D eigenvalue weighted by atomic mass is 10.1. The van der Waals surface area contributed by atoms with Crippen LogP contribution in [0.1, 0.15) is 18.1 Å². The van der Waals surface area contributed by atoms with Gasteiger partial charge >= 0.3 is 0 Å². The Morgan fingerprint density at radius 1 is 1.20 bits per heavy atom. The lowest BCUT2D eigenvalue weighted by Gasteiger charge is -2.06. The molecule has 20 heavy (non-hydrogen) atoms. The number of rotatable bonds is 4. The molecule has 0 saturated heterocycles. The highest BCUT2D eigenvalue weighted by molar-refractivity contribution is 5.73. The van der Waals surface area contributed by atoms with Crippen LogP contribution in [-0.2, 0) is 13.0 Å². The van der Waals surface area contributed by atoms with Crippen LogP contribution in [0.25, 0.3) is 11.0 Å². The molecule has 3 aromatic rings. The zero-order chi connectivity index (χ0) is 13.9. The monoisotopic (exact) mass is 269 g/mol. The molecule has 0 aliphatic carbocycles. The van der Waals surface area contributed by atoms with E-state index in [9.17, 15) is 4.79 Å². The predicted molar refractivity (Wildman–Crippen MR) is 77.7 cm³/mol. The van der Waals surface area contributed by atoms with Gasteiger partial charge in [-0.15, -0.1) is 0 Å². The van der Waals surface area contributed by atoms with Crippen molar-refractivity contribution in [1.82, 2.24) is 20.2 Å². The Kier molecular flexibility index (Phi) is 3.20. The molecule has 6 nitrogen and oxygen atoms in total. The molecule has 0 radical (unpaired) electrons. The first-order valence-corrected chi connectivity index (χ1v) is 6.51. The second kappa shape index (κ2) is 5.16. The van der Waals surface area contributed by atoms with Crippen LogP contribution >= 0.6 is 0 Å². The number of aromatic nitrogens is 4. The standard InChI is InChI=1S/C14H15N5O/c1-2-9-3-5-10(6-4-9)7-15-14-17-12-11(8-16-19-12)13(20)18-14/h3-6,8H,2,7H2,1H3,(H3,15,16,17,18,19,20). The molecule has 0 aliphatic rings. The van der Waals surface area contributed by atoms with Crippen LogP contribution in [0.5, 0.6) is 0 Å². The molecule has 0 amide bonds. The Hall–Kier alpha value is -2.63. The number of hydrogen-bond donors (Lipinski definition) is 3. The first-order valence-electron chi connectivity index (χ1n) is 6.51. The van der Waals surface area contributed by atoms with Crippen molar-refractivity contribution in [3.05, 3.63) is 51.9 Å². The van der Waals surface area contributed by atoms with Gasteiger partial charge in [-0.3, -0.25) is 14.9 Å². The summed E-state index contributed by atoms with van der Waals surface area (Å²) in [7, 11) is 0. The third-order valence-corrected chi connectivity index (χ3v) is 3.21. The molecule has 3 rings (SSSR count). The minimum atomic E-state index is -0.201. The molecule has 2 aromatic heterocycles. The molecule has 0 bridgehead atoms. The van der Waals surface area contributed by atoms with E-state index in [0.29, 0.717) is 23.5 Å². The van der Waals surface area contributed by atoms with Crippen LogP contribution < -0.4 is 10.9 Å². The molecule has 0 fully saturated rings. The van der Waals surface area contributed by atoms with Crippen LogP contribution in [-0.4, -0.2) is 20.2 Å². The summed E-state index contributed by atoms with van der Waals surface area (Å²) in [5, 5.41) is 10.1. The lowest BCUT2D eigenvalue weighted by Crippen LogP contribution is -2.12. The van der Waals surface area contributed by atoms with Crippen molar-refractivity contribution in [3.8, 4) is 0 Å². The van der Waals surface area contributed by atoms with Crippen LogP contribution in [0.15, 0.2) is 35.3 Å². The van der Waals surface area contributed by atoms with Gasteiger partial charge in [-0.1, -0.05) is 31.2 Å². The Morgan fingerprint density at radius 3 is 2.70 bits per heavy atom. The molecule has 0 aliphatic heterocycles. The highest BCUT2D eigenvalue weighted by atomic mass is 16.1. The Balaban J connectivity index is 1.77. The Bertz CT molecular complexity index is 772. The molecular weight excluding hydrogens is 254 g/mol. The third-order valence-electron chi connectivity index (χ3n) is 3.21. The van der Waals surface area contributed by atoms with E-state index in [2.05, 4.69) is 56.7 Å². The number of aryl methyl sites for hydroxylation is 1. The van der Waals surface area contributed by atoms with Gasteiger partial charge in [-0.05, 0) is 17.5 Å². The second-order valence-corrected chi connectivity index (χ2v) is 4.57. The quantitative estimate of drug-likeness (QED) is 0.674. The number of hydrogen-bond acceptors (Lipinski definition) is 4. The van der Waals surface area contributed by atoms with E-state index in [4.69, 9.17) is 0 Å². The summed E-state index contributed by atoms with van der Waals surface area (Å²) in [6.07, 6.45) is 2.49. The summed E-state index contributed by atoms with van der Waals surface area (Å²) >= 11 is 0. The SMILES string of the molecule is CCc1ccc(CNc2nc3[nH]ncc3c(=O)[nH]2)cc1. The van der Waals surface area contributed by atoms with E-state index in [-0.39, 0.29) is 5.56 Å². The highest BCUT2D eigenvalue weighted by Crippen LogP contribution is 2.08. The van der Waals surface area contributed by atoms with Crippen LogP contribution in [0.3, 0.4) is 0 Å². The fraction of sp³-hybridized carbons (Fsp3) is 0.214. The molecule has 2 heterocycles. The lowest BCUT2D eigenvalue weighted by molar-refractivity contribution is 1.04. The number of anilines is 1. The predicted octanol–water partition coefficient (Wildman–Crippen LogP) is 1.82. The van der Waals surface area contributed by atoms with Crippen LogP contribution in [0.2, 0.25) is 0 Å². The Morgan fingerprint density at radius 2 is 1.95 bits per heavy atom. The molecule has 0 spiro atoms. The topological polar surface area (TPSA) is 86.5 Å². The number of nitrogens with one attached hydrogen (secondary N) is 3. The third kappa shape index (κ3) is 2.40. The molecular formula is C14H15N5O. The van der Waals surface area contributed by atoms with Gasteiger partial charge in [0.05, 0.1) is 6.20 Å². The maximum atomic E-state index is 11.8. The summed E-state index contributed by atoms with van der Waals surface area (Å²) in [4.78, 5) is 18.7. The second-order valence-electron chi connectivity index (χ2n) is 4.57. The van der Waals surface area contributed by atoms with E-state index < -0.39 is 0 Å². The smallest absolute Gasteiger partial charge is 0.263 e. The summed E-state index contributed by atoms with van der Waals surface area (Å²) in [5.41, 5.74) is 2.72. The number of benzene rings is 1. The summed E-state index contributed by atoms with van der Waals surface area (Å²) in [5.74, 6) is 0.436. The maximum absolute atomic E-state index is 11.8. The number of fused-ring (bicyclic) bond motifs is 1. The van der Waals surface area contributed by atoms with Crippen molar-refractivity contribution < 1.29 is 0 Å². The van der Waals surface area contributed by atoms with Crippen LogP contribution in [0.4, 0.5) is 5.95 Å². The molecule has 102 valence electrons. The largest absolute Gasteiger partial charge is 0.352 e. The van der Waals surface area contributed by atoms with Gasteiger partial charge in [-0.2, -0.15) is 10.1 Å². The van der Waals surface area contributed by atoms with Gasteiger partial charge in [0.1, 0.15) is 5.39 Å². The van der Waals surface area contributed by atoms with Crippen molar-refractivity contribution >= 4 is 17.0 Å². The molecule has 1 aromatic carbocycles. The normalized spacial score (nSPS) is 10.8. The molecule has 3 N–H and O–H groups in total. The number of nitrogens with zero attached hydrogens (tertiary/aromatic N) is 2. The molecule has 0 atom stereocenters. The number of H-pyrrole nitrogens is 2. The van der Waals surface area contributed by atoms with Gasteiger partial charge in [-0.25, -0.2) is 0 Å². The van der Waals surface area contributed by atoms with E-state index in [1.807, 2.05) is 0 Å². The minimum Gasteiger partial charge on any atom is -0.352 e. The summed E-state index contributed by atoms with van der Waals surface area (Å²) in [6, 6.07) is 8.34. The van der Waals surface area contributed by atoms with Gasteiger partial charge in [0.25, 0.3) is 5.56 Å². The van der Waals surface area contributed by atoms with Crippen molar-refractivity contribution in [2.45, 2.75) is 19.9 Å². The van der Waals surface area contributed by atoms with Gasteiger partial charge in [0.15, 0.2) is 5.65 Å². The highest BCUT2D eigenvalue weighted by Gasteiger charge is 2.04. The van der Waals surface area contributed by atoms with E-state index in [0.717, 1.165) is 12.0 Å². The van der Waals surface area contributed by atoms with E-state index in [1.165, 1.54) is 11.8 Å². The van der Waals surface area contributed by atoms with Gasteiger partial charge in [0.2, 0.25) is 5.95 Å². The number of aromatic amines is 2.